The number of nitrogens with zero attached hydrogens (tertiary/aromatic N) is 1. The van der Waals surface area contributed by atoms with Crippen LogP contribution < -0.4 is 5.32 Å². The van der Waals surface area contributed by atoms with Gasteiger partial charge in [-0.3, -0.25) is 0 Å². The van der Waals surface area contributed by atoms with Gasteiger partial charge < -0.3 is 10.2 Å². The predicted octanol–water partition coefficient (Wildman–Crippen LogP) is 3.18. The van der Waals surface area contributed by atoms with Crippen molar-refractivity contribution in [3.63, 3.8) is 0 Å². The Morgan fingerprint density at radius 1 is 1.10 bits per heavy atom. The molecule has 2 saturated heterocycles. The molecule has 0 unspecified atom stereocenters. The molecular weight excluding hydrogens is 276 g/mol. The fourth-order valence-corrected chi connectivity index (χ4v) is 4.61. The molecule has 3 rings (SSSR count). The molecule has 2 nitrogen and oxygen atoms in total. The number of benzene rings is 1. The second-order valence-electron chi connectivity index (χ2n) is 6.39. The van der Waals surface area contributed by atoms with E-state index in [0.717, 1.165) is 11.3 Å². The first kappa shape index (κ1) is 15.4. The van der Waals surface area contributed by atoms with Gasteiger partial charge in [0, 0.05) is 24.4 Å². The lowest BCUT2D eigenvalue weighted by Gasteiger charge is -2.33. The van der Waals surface area contributed by atoms with Crippen LogP contribution in [-0.4, -0.2) is 48.1 Å². The summed E-state index contributed by atoms with van der Waals surface area (Å²) in [5, 5.41) is 4.70. The maximum atomic E-state index is 3.81. The smallest absolute Gasteiger partial charge is 0.0172 e. The molecule has 0 spiro atoms. The van der Waals surface area contributed by atoms with Crippen LogP contribution >= 0.6 is 11.8 Å². The van der Waals surface area contributed by atoms with Crippen molar-refractivity contribution in [1.82, 2.24) is 10.2 Å². The Hall–Kier alpha value is -0.510. The van der Waals surface area contributed by atoms with E-state index in [2.05, 4.69) is 52.3 Å². The van der Waals surface area contributed by atoms with Crippen LogP contribution in [0.2, 0.25) is 0 Å². The molecule has 116 valence electrons. The Kier molecular flexibility index (Phi) is 6.02. The van der Waals surface area contributed by atoms with Crippen molar-refractivity contribution >= 4 is 11.8 Å². The third-order valence-electron chi connectivity index (χ3n) is 4.81. The van der Waals surface area contributed by atoms with Gasteiger partial charge >= 0.3 is 0 Å². The molecule has 0 amide bonds. The van der Waals surface area contributed by atoms with E-state index < -0.39 is 0 Å². The van der Waals surface area contributed by atoms with Gasteiger partial charge in [-0.15, -0.1) is 0 Å². The molecule has 0 radical (unpaired) electrons. The minimum Gasteiger partial charge on any atom is -0.313 e. The number of likely N-dealkylation sites (tertiary alicyclic amines) is 1. The van der Waals surface area contributed by atoms with Gasteiger partial charge in [0.2, 0.25) is 0 Å². The minimum atomic E-state index is 0.763. The number of hydrogen-bond donors (Lipinski definition) is 1. The van der Waals surface area contributed by atoms with E-state index >= 15 is 0 Å². The predicted molar refractivity (Wildman–Crippen MR) is 93.1 cm³/mol. The highest BCUT2D eigenvalue weighted by Gasteiger charge is 2.21. The lowest BCUT2D eigenvalue weighted by molar-refractivity contribution is 0.200. The Bertz CT molecular complexity index is 395. The summed E-state index contributed by atoms with van der Waals surface area (Å²) >= 11 is 2.16. The summed E-state index contributed by atoms with van der Waals surface area (Å²) in [4.78, 5) is 2.63. The lowest BCUT2D eigenvalue weighted by atomic mass is 10.0. The zero-order chi connectivity index (χ0) is 14.3. The average molecular weight is 305 g/mol. The van der Waals surface area contributed by atoms with Crippen molar-refractivity contribution in [2.45, 2.75) is 43.4 Å². The van der Waals surface area contributed by atoms with Crippen LogP contribution in [-0.2, 0) is 6.42 Å². The summed E-state index contributed by atoms with van der Waals surface area (Å²) in [5.74, 6) is 1.38. The Labute approximate surface area is 133 Å². The van der Waals surface area contributed by atoms with E-state index in [4.69, 9.17) is 0 Å². The van der Waals surface area contributed by atoms with Gasteiger partial charge in [-0.25, -0.2) is 0 Å². The minimum absolute atomic E-state index is 0.763. The molecule has 2 fully saturated rings. The first-order valence-corrected chi connectivity index (χ1v) is 9.56. The number of rotatable bonds is 6. The van der Waals surface area contributed by atoms with Crippen molar-refractivity contribution in [3.8, 4) is 0 Å². The molecule has 1 N–H and O–H groups in total. The monoisotopic (exact) mass is 304 g/mol. The van der Waals surface area contributed by atoms with E-state index in [1.165, 1.54) is 69.6 Å². The van der Waals surface area contributed by atoms with E-state index in [1.54, 1.807) is 0 Å². The molecule has 0 aliphatic carbocycles. The standard InChI is InChI=1S/C18H28N2S/c1-2-5-16(6-3-1)8-11-20-12-9-17(10-13-20)19-15-18-7-4-14-21-18/h1-3,5-6,17-19H,4,7-15H2/t18-/m1/s1. The highest BCUT2D eigenvalue weighted by atomic mass is 32.2. The summed E-state index contributed by atoms with van der Waals surface area (Å²) in [6, 6.07) is 11.6. The zero-order valence-electron chi connectivity index (χ0n) is 13.0. The maximum absolute atomic E-state index is 3.81. The number of piperidine rings is 1. The SMILES string of the molecule is c1ccc(CCN2CCC(NC[C@H]3CCCS3)CC2)cc1. The van der Waals surface area contributed by atoms with Crippen LogP contribution in [0.4, 0.5) is 0 Å². The van der Waals surface area contributed by atoms with Crippen LogP contribution in [0.3, 0.4) is 0 Å². The van der Waals surface area contributed by atoms with E-state index in [-0.39, 0.29) is 0 Å². The van der Waals surface area contributed by atoms with Crippen LogP contribution in [0.5, 0.6) is 0 Å². The molecule has 0 saturated carbocycles. The molecule has 0 bridgehead atoms. The summed E-state index contributed by atoms with van der Waals surface area (Å²) in [6.07, 6.45) is 6.69. The maximum Gasteiger partial charge on any atom is 0.0172 e. The molecule has 2 heterocycles. The number of nitrogens with one attached hydrogen (secondary N) is 1. The van der Waals surface area contributed by atoms with Crippen molar-refractivity contribution in [3.05, 3.63) is 35.9 Å². The zero-order valence-corrected chi connectivity index (χ0v) is 13.8. The molecule has 3 heteroatoms. The molecule has 1 aromatic rings. The topological polar surface area (TPSA) is 15.3 Å². The first-order valence-electron chi connectivity index (χ1n) is 8.51. The number of hydrogen-bond acceptors (Lipinski definition) is 3. The summed E-state index contributed by atoms with van der Waals surface area (Å²) < 4.78 is 0. The van der Waals surface area contributed by atoms with Crippen molar-refractivity contribution in [2.24, 2.45) is 0 Å². The molecule has 2 aliphatic heterocycles. The Morgan fingerprint density at radius 2 is 1.90 bits per heavy atom. The van der Waals surface area contributed by atoms with Gasteiger partial charge in [0.05, 0.1) is 0 Å². The van der Waals surface area contributed by atoms with Gasteiger partial charge in [0.15, 0.2) is 0 Å². The molecule has 1 aromatic carbocycles. The fourth-order valence-electron chi connectivity index (χ4n) is 3.40. The molecular formula is C18H28N2S. The largest absolute Gasteiger partial charge is 0.313 e. The molecule has 2 aliphatic rings. The second-order valence-corrected chi connectivity index (χ2v) is 7.80. The lowest BCUT2D eigenvalue weighted by Crippen LogP contribution is -2.44. The third kappa shape index (κ3) is 5.01. The van der Waals surface area contributed by atoms with E-state index in [1.807, 2.05) is 0 Å². The average Bonchev–Trinajstić information content (AvgIpc) is 3.06. The summed E-state index contributed by atoms with van der Waals surface area (Å²) in [7, 11) is 0. The van der Waals surface area contributed by atoms with E-state index in [9.17, 15) is 0 Å². The van der Waals surface area contributed by atoms with Gasteiger partial charge in [-0.2, -0.15) is 11.8 Å². The van der Waals surface area contributed by atoms with Crippen molar-refractivity contribution in [1.29, 1.82) is 0 Å². The van der Waals surface area contributed by atoms with Gasteiger partial charge in [0.1, 0.15) is 0 Å². The van der Waals surface area contributed by atoms with Gasteiger partial charge in [-0.05, 0) is 56.5 Å². The number of thioether (sulfide) groups is 1. The molecule has 1 atom stereocenters. The highest BCUT2D eigenvalue weighted by Crippen LogP contribution is 2.25. The van der Waals surface area contributed by atoms with Gasteiger partial charge in [0.25, 0.3) is 0 Å². The highest BCUT2D eigenvalue weighted by molar-refractivity contribution is 8.00. The van der Waals surface area contributed by atoms with Crippen LogP contribution in [0.15, 0.2) is 30.3 Å². The summed E-state index contributed by atoms with van der Waals surface area (Å²) in [5.41, 5.74) is 1.47. The second kappa shape index (κ2) is 8.21. The quantitative estimate of drug-likeness (QED) is 0.869. The normalized spacial score (nSPS) is 24.5. The van der Waals surface area contributed by atoms with Crippen LogP contribution in [0.25, 0.3) is 0 Å². The Morgan fingerprint density at radius 3 is 2.62 bits per heavy atom. The third-order valence-corrected chi connectivity index (χ3v) is 6.20. The van der Waals surface area contributed by atoms with Crippen molar-refractivity contribution in [2.75, 3.05) is 31.9 Å². The Balaban J connectivity index is 1.31. The molecule has 21 heavy (non-hydrogen) atoms. The first-order chi connectivity index (χ1) is 10.4. The molecule has 0 aromatic heterocycles. The van der Waals surface area contributed by atoms with E-state index in [0.29, 0.717) is 0 Å². The fraction of sp³-hybridized carbons (Fsp3) is 0.667. The van der Waals surface area contributed by atoms with Crippen LogP contribution in [0.1, 0.15) is 31.2 Å². The van der Waals surface area contributed by atoms with Crippen molar-refractivity contribution < 1.29 is 0 Å². The van der Waals surface area contributed by atoms with Gasteiger partial charge in [-0.1, -0.05) is 30.3 Å². The summed E-state index contributed by atoms with van der Waals surface area (Å²) in [6.45, 7) is 4.99. The van der Waals surface area contributed by atoms with Crippen LogP contribution in [0, 0.1) is 0 Å².